The standard InChI is InChI=1S/C15H24ClN3.2ClH/c1-15(2,3)14(19-8-6-18-7-9-19)12-10-11(16)4-5-13(12)17;;/h4-5,10,14,18H,6-9,17H2,1-3H3;2*1H/t14-;;/m0../s1. The molecule has 1 heterocycles. The van der Waals surface area contributed by atoms with Crippen molar-refractivity contribution in [3.05, 3.63) is 28.8 Å². The Morgan fingerprint density at radius 1 is 1.19 bits per heavy atom. The maximum atomic E-state index is 6.19. The second-order valence-corrected chi connectivity index (χ2v) is 6.76. The van der Waals surface area contributed by atoms with Crippen molar-refractivity contribution in [3.8, 4) is 0 Å². The predicted molar refractivity (Wildman–Crippen MR) is 97.0 cm³/mol. The van der Waals surface area contributed by atoms with Crippen LogP contribution in [0.2, 0.25) is 5.02 Å². The van der Waals surface area contributed by atoms with Gasteiger partial charge in [0.05, 0.1) is 0 Å². The van der Waals surface area contributed by atoms with Gasteiger partial charge in [0.15, 0.2) is 0 Å². The lowest BCUT2D eigenvalue weighted by molar-refractivity contribution is 0.0867. The topological polar surface area (TPSA) is 41.3 Å². The number of nitrogen functional groups attached to an aromatic ring is 1. The Morgan fingerprint density at radius 3 is 2.29 bits per heavy atom. The molecule has 0 unspecified atom stereocenters. The average molecular weight is 355 g/mol. The van der Waals surface area contributed by atoms with Crippen molar-refractivity contribution >= 4 is 42.1 Å². The van der Waals surface area contributed by atoms with Gasteiger partial charge in [-0.25, -0.2) is 0 Å². The minimum atomic E-state index is 0. The first kappa shape index (κ1) is 20.8. The van der Waals surface area contributed by atoms with Crippen molar-refractivity contribution in [3.63, 3.8) is 0 Å². The molecule has 1 aliphatic rings. The number of piperazine rings is 1. The summed E-state index contributed by atoms with van der Waals surface area (Å²) in [7, 11) is 0. The highest BCUT2D eigenvalue weighted by molar-refractivity contribution is 6.30. The maximum absolute atomic E-state index is 6.19. The summed E-state index contributed by atoms with van der Waals surface area (Å²) in [5.41, 5.74) is 8.30. The molecule has 0 amide bonds. The number of hydrogen-bond donors (Lipinski definition) is 2. The number of nitrogens with zero attached hydrogens (tertiary/aromatic N) is 1. The van der Waals surface area contributed by atoms with Crippen LogP contribution in [0, 0.1) is 5.41 Å². The lowest BCUT2D eigenvalue weighted by Crippen LogP contribution is -2.48. The van der Waals surface area contributed by atoms with Gasteiger partial charge in [0, 0.05) is 42.9 Å². The zero-order chi connectivity index (χ0) is 14.0. The minimum Gasteiger partial charge on any atom is -0.398 e. The first-order valence-electron chi connectivity index (χ1n) is 6.89. The molecule has 1 aromatic rings. The lowest BCUT2D eigenvalue weighted by atomic mass is 9.80. The van der Waals surface area contributed by atoms with Crippen LogP contribution in [0.15, 0.2) is 18.2 Å². The second-order valence-electron chi connectivity index (χ2n) is 6.33. The molecule has 0 saturated carbocycles. The molecular formula is C15H26Cl3N3. The van der Waals surface area contributed by atoms with E-state index in [4.69, 9.17) is 17.3 Å². The van der Waals surface area contributed by atoms with E-state index in [2.05, 4.69) is 31.0 Å². The molecule has 0 radical (unpaired) electrons. The molecule has 1 aromatic carbocycles. The Kier molecular flexibility index (Phi) is 8.37. The molecule has 1 atom stereocenters. The SMILES string of the molecule is CC(C)(C)[C@H](c1cc(Cl)ccc1N)N1CCNCC1.Cl.Cl. The molecular weight excluding hydrogens is 329 g/mol. The molecule has 6 heteroatoms. The number of halogens is 3. The van der Waals surface area contributed by atoms with E-state index >= 15 is 0 Å². The van der Waals surface area contributed by atoms with Gasteiger partial charge >= 0.3 is 0 Å². The summed E-state index contributed by atoms with van der Waals surface area (Å²) in [4.78, 5) is 2.51. The fourth-order valence-corrected chi connectivity index (χ4v) is 3.11. The Labute approximate surface area is 145 Å². The van der Waals surface area contributed by atoms with E-state index in [1.807, 2.05) is 18.2 Å². The molecule has 3 nitrogen and oxygen atoms in total. The average Bonchev–Trinajstić information content (AvgIpc) is 2.33. The van der Waals surface area contributed by atoms with E-state index in [1.165, 1.54) is 0 Å². The summed E-state index contributed by atoms with van der Waals surface area (Å²) in [6.45, 7) is 11.0. The first-order valence-corrected chi connectivity index (χ1v) is 7.27. The zero-order valence-corrected chi connectivity index (χ0v) is 15.2. The molecule has 0 aliphatic carbocycles. The fourth-order valence-electron chi connectivity index (χ4n) is 2.93. The number of nitrogens with two attached hydrogens (primary N) is 1. The van der Waals surface area contributed by atoms with E-state index in [0.717, 1.165) is 42.5 Å². The van der Waals surface area contributed by atoms with E-state index in [1.54, 1.807) is 0 Å². The van der Waals surface area contributed by atoms with Gasteiger partial charge < -0.3 is 11.1 Å². The van der Waals surface area contributed by atoms with Gasteiger partial charge in [-0.05, 0) is 29.2 Å². The van der Waals surface area contributed by atoms with Crippen LogP contribution in [0.25, 0.3) is 0 Å². The fraction of sp³-hybridized carbons (Fsp3) is 0.600. The molecule has 0 spiro atoms. The Balaban J connectivity index is 0.00000200. The van der Waals surface area contributed by atoms with Crippen LogP contribution in [-0.2, 0) is 0 Å². The molecule has 21 heavy (non-hydrogen) atoms. The van der Waals surface area contributed by atoms with Crippen LogP contribution < -0.4 is 11.1 Å². The summed E-state index contributed by atoms with van der Waals surface area (Å²) >= 11 is 6.16. The van der Waals surface area contributed by atoms with Crippen molar-refractivity contribution < 1.29 is 0 Å². The van der Waals surface area contributed by atoms with E-state index in [-0.39, 0.29) is 30.2 Å². The third-order valence-corrected chi connectivity index (χ3v) is 3.92. The monoisotopic (exact) mass is 353 g/mol. The molecule has 3 N–H and O–H groups in total. The highest BCUT2D eigenvalue weighted by Gasteiger charge is 2.33. The molecule has 122 valence electrons. The van der Waals surface area contributed by atoms with Crippen LogP contribution in [0.4, 0.5) is 5.69 Å². The lowest BCUT2D eigenvalue weighted by Gasteiger charge is -2.43. The summed E-state index contributed by atoms with van der Waals surface area (Å²) in [5.74, 6) is 0. The summed E-state index contributed by atoms with van der Waals surface area (Å²) in [6.07, 6.45) is 0. The van der Waals surface area contributed by atoms with Crippen LogP contribution >= 0.6 is 36.4 Å². The molecule has 0 aromatic heterocycles. The van der Waals surface area contributed by atoms with Crippen molar-refractivity contribution in [2.24, 2.45) is 5.41 Å². The van der Waals surface area contributed by atoms with E-state index in [9.17, 15) is 0 Å². The molecule has 2 rings (SSSR count). The molecule has 1 fully saturated rings. The van der Waals surface area contributed by atoms with Crippen molar-refractivity contribution in [2.75, 3.05) is 31.9 Å². The Morgan fingerprint density at radius 2 is 1.76 bits per heavy atom. The summed E-state index contributed by atoms with van der Waals surface area (Å²) in [5, 5.41) is 4.16. The zero-order valence-electron chi connectivity index (χ0n) is 12.9. The Hall–Kier alpha value is -0.190. The highest BCUT2D eigenvalue weighted by Crippen LogP contribution is 2.41. The van der Waals surface area contributed by atoms with Gasteiger partial charge in [0.2, 0.25) is 0 Å². The third-order valence-electron chi connectivity index (χ3n) is 3.68. The van der Waals surface area contributed by atoms with Gasteiger partial charge in [-0.3, -0.25) is 4.90 Å². The van der Waals surface area contributed by atoms with E-state index in [0.29, 0.717) is 6.04 Å². The Bertz CT molecular complexity index is 440. The van der Waals surface area contributed by atoms with Gasteiger partial charge in [-0.2, -0.15) is 0 Å². The highest BCUT2D eigenvalue weighted by atomic mass is 35.5. The maximum Gasteiger partial charge on any atom is 0.0418 e. The van der Waals surface area contributed by atoms with Crippen molar-refractivity contribution in [1.82, 2.24) is 10.2 Å². The van der Waals surface area contributed by atoms with Gasteiger partial charge in [-0.1, -0.05) is 32.4 Å². The minimum absolute atomic E-state index is 0. The molecule has 1 saturated heterocycles. The van der Waals surface area contributed by atoms with Gasteiger partial charge in [-0.15, -0.1) is 24.8 Å². The number of rotatable bonds is 2. The number of nitrogens with one attached hydrogen (secondary N) is 1. The smallest absolute Gasteiger partial charge is 0.0418 e. The predicted octanol–water partition coefficient (Wildman–Crippen LogP) is 3.76. The van der Waals surface area contributed by atoms with Gasteiger partial charge in [0.1, 0.15) is 0 Å². The second kappa shape index (κ2) is 8.44. The summed E-state index contributed by atoms with van der Waals surface area (Å²) in [6, 6.07) is 6.10. The third kappa shape index (κ3) is 5.19. The number of anilines is 1. The van der Waals surface area contributed by atoms with Crippen LogP contribution in [-0.4, -0.2) is 31.1 Å². The summed E-state index contributed by atoms with van der Waals surface area (Å²) < 4.78 is 0. The quantitative estimate of drug-likeness (QED) is 0.795. The van der Waals surface area contributed by atoms with Crippen molar-refractivity contribution in [1.29, 1.82) is 0 Å². The largest absolute Gasteiger partial charge is 0.398 e. The van der Waals surface area contributed by atoms with Crippen LogP contribution in [0.3, 0.4) is 0 Å². The van der Waals surface area contributed by atoms with Crippen LogP contribution in [0.1, 0.15) is 32.4 Å². The molecule has 1 aliphatic heterocycles. The van der Waals surface area contributed by atoms with Crippen LogP contribution in [0.5, 0.6) is 0 Å². The van der Waals surface area contributed by atoms with Gasteiger partial charge in [0.25, 0.3) is 0 Å². The molecule has 0 bridgehead atoms. The first-order chi connectivity index (χ1) is 8.89. The van der Waals surface area contributed by atoms with Crippen molar-refractivity contribution in [2.45, 2.75) is 26.8 Å². The number of hydrogen-bond acceptors (Lipinski definition) is 3. The van der Waals surface area contributed by atoms with E-state index < -0.39 is 0 Å². The number of benzene rings is 1. The normalized spacial score (nSPS) is 17.5.